The number of nitrogens with one attached hydrogen (secondary N) is 2. The Bertz CT molecular complexity index is 2190. The Balaban J connectivity index is 1.19. The topological polar surface area (TPSA) is 137 Å². The zero-order valence-corrected chi connectivity index (χ0v) is 33.2. The first-order chi connectivity index (χ1) is 28.3. The third kappa shape index (κ3) is 6.66. The number of carbonyl (C=O) groups excluding carboxylic acids is 2. The van der Waals surface area contributed by atoms with E-state index in [2.05, 4.69) is 28.8 Å². The maximum Gasteiger partial charge on any atom is 0.340 e. The number of benzene rings is 3. The van der Waals surface area contributed by atoms with E-state index in [1.54, 1.807) is 12.1 Å². The monoisotopic (exact) mass is 782 g/mol. The van der Waals surface area contributed by atoms with Gasteiger partial charge in [-0.1, -0.05) is 66.7 Å². The van der Waals surface area contributed by atoms with Crippen molar-refractivity contribution in [3.8, 4) is 16.9 Å². The summed E-state index contributed by atoms with van der Waals surface area (Å²) in [5, 5.41) is 38.6. The number of piperidine rings is 1. The van der Waals surface area contributed by atoms with E-state index in [4.69, 9.17) is 9.47 Å². The lowest BCUT2D eigenvalue weighted by molar-refractivity contribution is -0.135. The molecule has 7 aliphatic rings. The van der Waals surface area contributed by atoms with Crippen molar-refractivity contribution < 1.29 is 34.4 Å². The summed E-state index contributed by atoms with van der Waals surface area (Å²) in [7, 11) is 1.95. The number of aromatic hydroxyl groups is 1. The molecule has 58 heavy (non-hydrogen) atoms. The lowest BCUT2D eigenvalue weighted by Crippen LogP contribution is -2.52. The van der Waals surface area contributed by atoms with E-state index in [0.29, 0.717) is 60.7 Å². The van der Waals surface area contributed by atoms with E-state index in [0.717, 1.165) is 65.6 Å². The normalized spacial score (nSPS) is 29.9. The molecule has 302 valence electrons. The molecule has 9 nitrogen and oxygen atoms in total. The van der Waals surface area contributed by atoms with Gasteiger partial charge in [0.25, 0.3) is 0 Å². The number of ether oxygens (including phenoxy) is 2. The lowest BCUT2D eigenvalue weighted by Gasteiger charge is -2.56. The Hall–Kier alpha value is -4.80. The number of cyclic esters (lactones) is 2. The van der Waals surface area contributed by atoms with Gasteiger partial charge in [-0.2, -0.15) is 0 Å². The van der Waals surface area contributed by atoms with Gasteiger partial charge in [-0.05, 0) is 153 Å². The molecule has 8 atom stereocenters. The summed E-state index contributed by atoms with van der Waals surface area (Å²) in [6.45, 7) is 0.919. The second-order valence-electron chi connectivity index (χ2n) is 17.2. The van der Waals surface area contributed by atoms with Crippen molar-refractivity contribution in [2.45, 2.75) is 64.0 Å². The van der Waals surface area contributed by atoms with Crippen molar-refractivity contribution in [3.63, 3.8) is 0 Å². The van der Waals surface area contributed by atoms with Gasteiger partial charge in [0.15, 0.2) is 0 Å². The van der Waals surface area contributed by atoms with Gasteiger partial charge < -0.3 is 35.4 Å². The number of allylic oxidation sites excluding steroid dienone is 5. The quantitative estimate of drug-likeness (QED) is 0.121. The minimum absolute atomic E-state index is 0.0193. The van der Waals surface area contributed by atoms with Gasteiger partial charge in [0.05, 0.1) is 17.2 Å². The number of fused-ring (bicyclic) bond motifs is 1. The highest BCUT2D eigenvalue weighted by atomic mass is 16.6. The minimum Gasteiger partial charge on any atom is -0.508 e. The molecule has 3 heterocycles. The number of esters is 2. The van der Waals surface area contributed by atoms with E-state index >= 15 is 0 Å². The maximum atomic E-state index is 14.7. The highest BCUT2D eigenvalue weighted by molar-refractivity contribution is 6.07. The summed E-state index contributed by atoms with van der Waals surface area (Å²) in [5.74, 6) is 0.395. The molecule has 3 fully saturated rings. The third-order valence-electron chi connectivity index (χ3n) is 14.2. The number of aliphatic hydroxyl groups excluding tert-OH is 2. The van der Waals surface area contributed by atoms with Gasteiger partial charge in [0.2, 0.25) is 0 Å². The molecule has 3 aromatic carbocycles. The number of phenolic OH excluding ortho intramolecular Hbond substituents is 1. The van der Waals surface area contributed by atoms with E-state index in [1.807, 2.05) is 67.7 Å². The first kappa shape index (κ1) is 38.7. The Morgan fingerprint density at radius 2 is 1.72 bits per heavy atom. The predicted molar refractivity (Wildman–Crippen MR) is 221 cm³/mol. The molecule has 0 radical (unpaired) electrons. The number of rotatable bonds is 12. The molecular formula is C49H54N2O7. The Kier molecular flexibility index (Phi) is 10.7. The van der Waals surface area contributed by atoms with E-state index in [9.17, 15) is 24.9 Å². The Morgan fingerprint density at radius 3 is 2.48 bits per heavy atom. The van der Waals surface area contributed by atoms with Gasteiger partial charge in [-0.3, -0.25) is 0 Å². The van der Waals surface area contributed by atoms with Crippen molar-refractivity contribution in [2.24, 2.45) is 40.9 Å². The molecule has 3 aliphatic heterocycles. The van der Waals surface area contributed by atoms with E-state index < -0.39 is 11.4 Å². The van der Waals surface area contributed by atoms with Crippen LogP contribution < -0.4 is 10.6 Å². The smallest absolute Gasteiger partial charge is 0.340 e. The van der Waals surface area contributed by atoms with Gasteiger partial charge >= 0.3 is 11.9 Å². The predicted octanol–water partition coefficient (Wildman–Crippen LogP) is 7.21. The fourth-order valence-corrected chi connectivity index (χ4v) is 11.7. The molecule has 5 N–H and O–H groups in total. The third-order valence-corrected chi connectivity index (χ3v) is 14.2. The molecule has 2 bridgehead atoms. The molecule has 0 amide bonds. The van der Waals surface area contributed by atoms with Crippen LogP contribution in [0.4, 0.5) is 0 Å². The summed E-state index contributed by atoms with van der Waals surface area (Å²) in [6.07, 6.45) is 10.8. The fraction of sp³-hybridized carbons (Fsp3) is 0.429. The van der Waals surface area contributed by atoms with Crippen LogP contribution >= 0.6 is 0 Å². The van der Waals surface area contributed by atoms with Gasteiger partial charge in [-0.25, -0.2) is 9.59 Å². The van der Waals surface area contributed by atoms with Gasteiger partial charge in [0, 0.05) is 30.3 Å². The van der Waals surface area contributed by atoms with Crippen LogP contribution in [0.15, 0.2) is 119 Å². The summed E-state index contributed by atoms with van der Waals surface area (Å²) in [5.41, 5.74) is 6.01. The average molecular weight is 783 g/mol. The second-order valence-corrected chi connectivity index (χ2v) is 17.2. The first-order valence-electron chi connectivity index (χ1n) is 21.2. The molecule has 1 spiro atoms. The highest BCUT2D eigenvalue weighted by Gasteiger charge is 2.68. The number of phenols is 1. The number of aliphatic hydroxyl groups is 2. The van der Waals surface area contributed by atoms with Crippen molar-refractivity contribution >= 4 is 17.5 Å². The van der Waals surface area contributed by atoms with Crippen molar-refractivity contribution in [1.82, 2.24) is 10.6 Å². The standard InChI is InChI=1S/C49H54N2O7/c1-50-42-26-32(19-22-51-42)33(28-53)12-17-40-38-16-15-37-36-18-21-49(45(37)44(38)47(55)57-40)41(25-30(20-23-52)24-29-8-4-2-5-9-29)58-48(56)46(49)43(36)39-27-34(54)13-14-35(39)31-10-6-3-7-11-31/h2-11,13-14,17,25,27,30,32-33,36-37,42,45,50-54H,12,15-16,18-24,26,28H2,1H3. The van der Waals surface area contributed by atoms with Crippen molar-refractivity contribution in [1.29, 1.82) is 0 Å². The molecule has 9 heteroatoms. The van der Waals surface area contributed by atoms with E-state index in [-0.39, 0.29) is 60.7 Å². The zero-order chi connectivity index (χ0) is 40.0. The number of carbonyl (C=O) groups is 2. The van der Waals surface area contributed by atoms with Crippen LogP contribution in [0.1, 0.15) is 62.5 Å². The van der Waals surface area contributed by atoms with Crippen LogP contribution in [-0.2, 0) is 25.5 Å². The SMILES string of the molecule is CNC1CC(C(CO)CC=C2OC(=O)C3=C2CCC2C4CCC5(C(=CC(CCO)Cc6ccccc6)OC(=O)C5=C4c4cc(O)ccc4-c4ccccc4)C32)CCN1. The Labute approximate surface area is 340 Å². The van der Waals surface area contributed by atoms with Gasteiger partial charge in [-0.15, -0.1) is 0 Å². The van der Waals surface area contributed by atoms with Crippen molar-refractivity contribution in [2.75, 3.05) is 26.8 Å². The van der Waals surface area contributed by atoms with Crippen LogP contribution in [0.2, 0.25) is 0 Å². The summed E-state index contributed by atoms with van der Waals surface area (Å²) in [6, 6.07) is 25.6. The first-order valence-corrected chi connectivity index (χ1v) is 21.2. The fourth-order valence-electron chi connectivity index (χ4n) is 11.7. The average Bonchev–Trinajstić information content (AvgIpc) is 3.73. The molecule has 0 aromatic heterocycles. The molecule has 4 aliphatic carbocycles. The largest absolute Gasteiger partial charge is 0.508 e. The molecule has 2 saturated heterocycles. The van der Waals surface area contributed by atoms with Crippen LogP contribution in [-0.4, -0.2) is 60.2 Å². The molecule has 3 aromatic rings. The van der Waals surface area contributed by atoms with Gasteiger partial charge in [0.1, 0.15) is 17.3 Å². The Morgan fingerprint density at radius 1 is 0.931 bits per heavy atom. The van der Waals surface area contributed by atoms with Crippen LogP contribution in [0.25, 0.3) is 16.7 Å². The molecule has 1 saturated carbocycles. The number of hydrogen-bond donors (Lipinski definition) is 5. The van der Waals surface area contributed by atoms with Crippen molar-refractivity contribution in [3.05, 3.63) is 130 Å². The highest BCUT2D eigenvalue weighted by Crippen LogP contribution is 2.72. The van der Waals surface area contributed by atoms with Crippen LogP contribution in [0.3, 0.4) is 0 Å². The molecule has 10 rings (SSSR count). The summed E-state index contributed by atoms with van der Waals surface area (Å²) in [4.78, 5) is 29.1. The summed E-state index contributed by atoms with van der Waals surface area (Å²) >= 11 is 0. The van der Waals surface area contributed by atoms with Crippen LogP contribution in [0, 0.1) is 40.9 Å². The molecule has 8 unspecified atom stereocenters. The molecular weight excluding hydrogens is 729 g/mol. The maximum absolute atomic E-state index is 14.7. The van der Waals surface area contributed by atoms with E-state index in [1.165, 1.54) is 0 Å². The number of hydrogen-bond acceptors (Lipinski definition) is 9. The summed E-state index contributed by atoms with van der Waals surface area (Å²) < 4.78 is 12.7. The zero-order valence-electron chi connectivity index (χ0n) is 33.2. The lowest BCUT2D eigenvalue weighted by atomic mass is 9.44. The second kappa shape index (κ2) is 16.1. The minimum atomic E-state index is -0.935. The van der Waals surface area contributed by atoms with Crippen LogP contribution in [0.5, 0.6) is 5.75 Å².